The van der Waals surface area contributed by atoms with E-state index >= 15 is 4.39 Å². The first kappa shape index (κ1) is 54.5. The number of ketones is 2. The summed E-state index contributed by atoms with van der Waals surface area (Å²) < 4.78 is 58.4. The summed E-state index contributed by atoms with van der Waals surface area (Å²) in [6, 6.07) is 8.75. The third-order valence-corrected chi connectivity index (χ3v) is 14.8. The van der Waals surface area contributed by atoms with E-state index < -0.39 is 89.9 Å². The Morgan fingerprint density at radius 1 is 0.910 bits per heavy atom. The van der Waals surface area contributed by atoms with Crippen LogP contribution < -0.4 is 0 Å². The zero-order chi connectivity index (χ0) is 49.0. The van der Waals surface area contributed by atoms with E-state index in [0.717, 1.165) is 16.9 Å². The van der Waals surface area contributed by atoms with Crippen molar-refractivity contribution in [1.82, 2.24) is 4.90 Å². The number of ether oxygens (including phenoxy) is 7. The molecule has 2 saturated heterocycles. The highest BCUT2D eigenvalue weighted by molar-refractivity contribution is 6.39. The molecule has 2 bridgehead atoms. The van der Waals surface area contributed by atoms with Gasteiger partial charge < -0.3 is 48.3 Å². The van der Waals surface area contributed by atoms with Gasteiger partial charge in [-0.2, -0.15) is 0 Å². The predicted molar refractivity (Wildman–Crippen MR) is 248 cm³/mol. The maximum absolute atomic E-state index is 16.3. The molecule has 15 heteroatoms. The van der Waals surface area contributed by atoms with E-state index in [1.54, 1.807) is 40.9 Å². The maximum Gasteiger partial charge on any atom is 0.329 e. The Morgan fingerprint density at radius 3 is 2.27 bits per heavy atom. The number of amides is 1. The molecule has 2 N–H and O–H groups in total. The summed E-state index contributed by atoms with van der Waals surface area (Å²) in [6.07, 6.45) is 0.473. The molecule has 3 heterocycles. The Bertz CT molecular complexity index is 1840. The number of hydrogen-bond acceptors (Lipinski definition) is 13. The van der Waals surface area contributed by atoms with E-state index in [2.05, 4.69) is 0 Å². The fourth-order valence-electron chi connectivity index (χ4n) is 10.5. The maximum atomic E-state index is 16.3. The van der Waals surface area contributed by atoms with E-state index in [9.17, 15) is 29.4 Å². The first-order valence-corrected chi connectivity index (χ1v) is 24.5. The molecule has 14 nitrogen and oxygen atoms in total. The van der Waals surface area contributed by atoms with E-state index in [-0.39, 0.29) is 56.1 Å². The number of methoxy groups -OCH3 is 3. The highest BCUT2D eigenvalue weighted by atomic mass is 19.1. The topological polar surface area (TPSA) is 177 Å². The second kappa shape index (κ2) is 25.4. The summed E-state index contributed by atoms with van der Waals surface area (Å²) in [4.78, 5) is 58.3. The molecule has 1 amide bonds. The Hall–Kier alpha value is -3.41. The van der Waals surface area contributed by atoms with Gasteiger partial charge in [0.2, 0.25) is 5.79 Å². The van der Waals surface area contributed by atoms with Crippen LogP contribution in [0.5, 0.6) is 0 Å². The SMILES string of the molecule is CCC1/C=C(\C)C(F)C(C)CC(OC)C2OC(O)(C(=O)C(=O)N3CCCCC3C(=O)OC(C(C)=CC3CCC(OCCOCc4ccccc4)C(OC)C3)C(C)C(O)CC1=O)C(C)CC2OC. The number of benzene rings is 1. The third kappa shape index (κ3) is 13.7. The van der Waals surface area contributed by atoms with Crippen molar-refractivity contribution < 1.29 is 66.9 Å². The molecule has 1 aromatic rings. The molecule has 0 spiro atoms. The number of piperidine rings is 1. The summed E-state index contributed by atoms with van der Waals surface area (Å²) in [5.41, 5.74) is 2.07. The van der Waals surface area contributed by atoms with Crippen LogP contribution in [0.1, 0.15) is 111 Å². The van der Waals surface area contributed by atoms with Gasteiger partial charge in [0, 0.05) is 52.0 Å². The van der Waals surface area contributed by atoms with Crippen molar-refractivity contribution in [1.29, 1.82) is 0 Å². The zero-order valence-electron chi connectivity index (χ0n) is 41.2. The van der Waals surface area contributed by atoms with Gasteiger partial charge in [0.25, 0.3) is 11.7 Å². The summed E-state index contributed by atoms with van der Waals surface area (Å²) in [6.45, 7) is 11.7. The molecule has 1 aromatic carbocycles. The first-order valence-electron chi connectivity index (χ1n) is 24.5. The third-order valence-electron chi connectivity index (χ3n) is 14.8. The number of cyclic esters (lactones) is 1. The van der Waals surface area contributed by atoms with E-state index in [1.807, 2.05) is 50.3 Å². The molecule has 0 radical (unpaired) electrons. The molecule has 15 atom stereocenters. The van der Waals surface area contributed by atoms with Crippen LogP contribution in [0.25, 0.3) is 0 Å². The number of aliphatic hydroxyl groups excluding tert-OH is 1. The lowest BCUT2D eigenvalue weighted by Gasteiger charge is -2.47. The Balaban J connectivity index is 1.43. The van der Waals surface area contributed by atoms with Crippen LogP contribution in [0, 0.1) is 29.6 Å². The number of nitrogens with zero attached hydrogens (tertiary/aromatic N) is 1. The number of rotatable bonds is 12. The molecule has 1 saturated carbocycles. The average molecular weight is 944 g/mol. The van der Waals surface area contributed by atoms with Crippen LogP contribution in [0.4, 0.5) is 4.39 Å². The lowest BCUT2D eigenvalue weighted by atomic mass is 9.81. The molecule has 376 valence electrons. The minimum absolute atomic E-state index is 0.00888. The second-order valence-electron chi connectivity index (χ2n) is 19.5. The average Bonchev–Trinajstić information content (AvgIpc) is 3.33. The number of alkyl halides is 1. The lowest BCUT2D eigenvalue weighted by molar-refractivity contribution is -0.302. The number of allylic oxidation sites excluding steroid dienone is 3. The molecule has 67 heavy (non-hydrogen) atoms. The van der Waals surface area contributed by atoms with Crippen LogP contribution in [0.2, 0.25) is 0 Å². The molecule has 3 aliphatic heterocycles. The molecule has 1 aliphatic carbocycles. The largest absolute Gasteiger partial charge is 0.456 e. The van der Waals surface area contributed by atoms with E-state index in [0.29, 0.717) is 63.1 Å². The second-order valence-corrected chi connectivity index (χ2v) is 19.5. The first-order chi connectivity index (χ1) is 32.0. The van der Waals surface area contributed by atoms with Crippen LogP contribution in [-0.2, 0) is 58.9 Å². The van der Waals surface area contributed by atoms with Gasteiger partial charge in [-0.15, -0.1) is 0 Å². The van der Waals surface area contributed by atoms with Gasteiger partial charge in [0.15, 0.2) is 0 Å². The summed E-state index contributed by atoms with van der Waals surface area (Å²) in [5, 5.41) is 23.9. The Labute approximate surface area is 397 Å². The molecular weight excluding hydrogens is 866 g/mol. The molecule has 15 unspecified atom stereocenters. The van der Waals surface area contributed by atoms with Crippen molar-refractivity contribution in [2.45, 2.75) is 173 Å². The van der Waals surface area contributed by atoms with Gasteiger partial charge in [-0.25, -0.2) is 9.18 Å². The number of Topliss-reactive ketones (excluding diaryl/α,β-unsaturated/α-hetero) is 2. The van der Waals surface area contributed by atoms with Gasteiger partial charge >= 0.3 is 5.97 Å². The summed E-state index contributed by atoms with van der Waals surface area (Å²) >= 11 is 0. The predicted octanol–water partition coefficient (Wildman–Crippen LogP) is 6.66. The zero-order valence-corrected chi connectivity index (χ0v) is 41.2. The van der Waals surface area contributed by atoms with Crippen molar-refractivity contribution >= 4 is 23.4 Å². The van der Waals surface area contributed by atoms with Crippen LogP contribution >= 0.6 is 0 Å². The monoisotopic (exact) mass is 944 g/mol. The Kier molecular flexibility index (Phi) is 20.7. The van der Waals surface area contributed by atoms with Gasteiger partial charge in [-0.05, 0) is 100 Å². The number of hydrogen-bond donors (Lipinski definition) is 2. The minimum Gasteiger partial charge on any atom is -0.456 e. The van der Waals surface area contributed by atoms with Gasteiger partial charge in [-0.1, -0.05) is 70.2 Å². The highest BCUT2D eigenvalue weighted by Crippen LogP contribution is 2.40. The van der Waals surface area contributed by atoms with Crippen LogP contribution in [-0.4, -0.2) is 140 Å². The van der Waals surface area contributed by atoms with Gasteiger partial charge in [-0.3, -0.25) is 14.4 Å². The molecule has 0 aromatic heterocycles. The standard InChI is InChI=1S/C52H78FNO13/c1-10-38-25-31(2)46(53)32(3)26-44(62-8)48-45(63-9)27-34(5)52(60,67-48)49(57)50(58)54-21-15-14-18-39(54)51(59)66-47(35(6)40(55)29-41(38)56)33(4)24-37-19-20-42(43(28-37)61-7)65-23-22-64-30-36-16-12-11-13-17-36/h11-13,16-17,24-25,32,34-35,37-40,42-48,55,60H,10,14-15,18-23,26-30H2,1-9H3/b31-25+,33-24?. The summed E-state index contributed by atoms with van der Waals surface area (Å²) in [5.74, 6) is -9.07. The van der Waals surface area contributed by atoms with Crippen molar-refractivity contribution in [3.63, 3.8) is 0 Å². The normalized spacial score (nSPS) is 37.8. The molecule has 3 fully saturated rings. The number of carbonyl (C=O) groups is 4. The van der Waals surface area contributed by atoms with Crippen molar-refractivity contribution in [2.75, 3.05) is 41.1 Å². The smallest absolute Gasteiger partial charge is 0.329 e. The number of esters is 1. The lowest BCUT2D eigenvalue weighted by Crippen LogP contribution is -2.64. The van der Waals surface area contributed by atoms with Crippen molar-refractivity contribution in [2.24, 2.45) is 29.6 Å². The van der Waals surface area contributed by atoms with E-state index in [4.69, 9.17) is 33.2 Å². The Morgan fingerprint density at radius 2 is 1.60 bits per heavy atom. The quantitative estimate of drug-likeness (QED) is 0.0986. The highest BCUT2D eigenvalue weighted by Gasteiger charge is 2.57. The van der Waals surface area contributed by atoms with Gasteiger partial charge in [0.1, 0.15) is 30.2 Å². The van der Waals surface area contributed by atoms with Gasteiger partial charge in [0.05, 0.1) is 50.3 Å². The molecule has 4 aliphatic rings. The number of carbonyl (C=O) groups excluding carboxylic acids is 4. The molecule has 5 rings (SSSR count). The molecular formula is C52H78FNO13. The van der Waals surface area contributed by atoms with Crippen LogP contribution in [0.3, 0.4) is 0 Å². The van der Waals surface area contributed by atoms with E-state index in [1.165, 1.54) is 14.2 Å². The van der Waals surface area contributed by atoms with Crippen molar-refractivity contribution in [3.05, 3.63) is 59.2 Å². The summed E-state index contributed by atoms with van der Waals surface area (Å²) in [7, 11) is 4.54. The number of aliphatic hydroxyl groups is 2. The number of halogens is 1. The number of fused-ring (bicyclic) bond motifs is 3. The fraction of sp³-hybridized carbons (Fsp3) is 0.731. The minimum atomic E-state index is -2.61. The fourth-order valence-corrected chi connectivity index (χ4v) is 10.5. The van der Waals surface area contributed by atoms with Crippen molar-refractivity contribution in [3.8, 4) is 0 Å². The van der Waals surface area contributed by atoms with Crippen LogP contribution in [0.15, 0.2) is 53.6 Å².